The van der Waals surface area contributed by atoms with Gasteiger partial charge in [0.2, 0.25) is 0 Å². The topological polar surface area (TPSA) is 49.8 Å². The fraction of sp³-hybridized carbons (Fsp3) is 0.700. The van der Waals surface area contributed by atoms with Crippen LogP contribution in [-0.4, -0.2) is 40.9 Å². The molecule has 1 aliphatic heterocycles. The Hall–Kier alpha value is -1.03. The van der Waals surface area contributed by atoms with Gasteiger partial charge < -0.3 is 14.7 Å². The van der Waals surface area contributed by atoms with E-state index in [9.17, 15) is 9.90 Å². The van der Waals surface area contributed by atoms with Crippen LogP contribution in [0.15, 0.2) is 12.2 Å². The lowest BCUT2D eigenvalue weighted by molar-refractivity contribution is 0.0270. The van der Waals surface area contributed by atoms with Crippen molar-refractivity contribution in [1.82, 2.24) is 4.90 Å². The molecule has 0 bridgehead atoms. The average Bonchev–Trinajstić information content (AvgIpc) is 2.28. The van der Waals surface area contributed by atoms with Gasteiger partial charge in [-0.25, -0.2) is 4.79 Å². The number of hydrogen-bond donors (Lipinski definition) is 1. The summed E-state index contributed by atoms with van der Waals surface area (Å²) >= 11 is 0. The summed E-state index contributed by atoms with van der Waals surface area (Å²) in [5.41, 5.74) is 0.169. The third kappa shape index (κ3) is 2.73. The van der Waals surface area contributed by atoms with E-state index in [0.29, 0.717) is 12.1 Å². The van der Waals surface area contributed by atoms with Crippen molar-refractivity contribution in [3.05, 3.63) is 12.2 Å². The monoisotopic (exact) mass is 199 g/mol. The van der Waals surface area contributed by atoms with E-state index in [1.807, 2.05) is 20.8 Å². The van der Waals surface area contributed by atoms with Crippen molar-refractivity contribution in [2.75, 3.05) is 13.1 Å². The molecule has 1 aliphatic rings. The number of aliphatic hydroxyl groups is 1. The zero-order valence-corrected chi connectivity index (χ0v) is 8.91. The summed E-state index contributed by atoms with van der Waals surface area (Å²) in [6.45, 7) is 9.77. The van der Waals surface area contributed by atoms with Gasteiger partial charge in [-0.15, -0.1) is 0 Å². The van der Waals surface area contributed by atoms with Crippen molar-refractivity contribution in [1.29, 1.82) is 0 Å². The molecule has 4 nitrogen and oxygen atoms in total. The van der Waals surface area contributed by atoms with Gasteiger partial charge in [0.1, 0.15) is 5.60 Å². The second-order valence-corrected chi connectivity index (χ2v) is 4.53. The predicted octanol–water partition coefficient (Wildman–Crippen LogP) is 1.15. The molecular weight excluding hydrogens is 182 g/mol. The molecule has 1 N–H and O–H groups in total. The van der Waals surface area contributed by atoms with Crippen LogP contribution in [0.25, 0.3) is 0 Å². The highest BCUT2D eigenvalue weighted by molar-refractivity contribution is 5.69. The second kappa shape index (κ2) is 3.61. The smallest absolute Gasteiger partial charge is 0.410 e. The maximum atomic E-state index is 11.5. The zero-order valence-electron chi connectivity index (χ0n) is 8.91. The van der Waals surface area contributed by atoms with E-state index in [-0.39, 0.29) is 6.54 Å². The van der Waals surface area contributed by atoms with Gasteiger partial charge in [-0.1, -0.05) is 6.58 Å². The second-order valence-electron chi connectivity index (χ2n) is 4.53. The van der Waals surface area contributed by atoms with Crippen LogP contribution in [0.2, 0.25) is 0 Å². The lowest BCUT2D eigenvalue weighted by atomic mass is 10.2. The van der Waals surface area contributed by atoms with Crippen molar-refractivity contribution >= 4 is 6.09 Å². The van der Waals surface area contributed by atoms with Crippen LogP contribution < -0.4 is 0 Å². The summed E-state index contributed by atoms with van der Waals surface area (Å²) < 4.78 is 5.15. The molecule has 0 aromatic heterocycles. The van der Waals surface area contributed by atoms with Gasteiger partial charge in [0.05, 0.1) is 12.6 Å². The van der Waals surface area contributed by atoms with E-state index < -0.39 is 17.8 Å². The highest BCUT2D eigenvalue weighted by Crippen LogP contribution is 2.17. The number of aliphatic hydroxyl groups excluding tert-OH is 1. The highest BCUT2D eigenvalue weighted by atomic mass is 16.6. The van der Waals surface area contributed by atoms with Crippen molar-refractivity contribution in [2.45, 2.75) is 32.5 Å². The summed E-state index contributed by atoms with van der Waals surface area (Å²) in [4.78, 5) is 13.0. The molecule has 14 heavy (non-hydrogen) atoms. The Kier molecular flexibility index (Phi) is 2.85. The third-order valence-corrected chi connectivity index (χ3v) is 1.91. The summed E-state index contributed by atoms with van der Waals surface area (Å²) in [6, 6.07) is 0. The molecule has 0 aromatic carbocycles. The minimum atomic E-state index is -0.609. The van der Waals surface area contributed by atoms with Gasteiger partial charge in [0, 0.05) is 6.54 Å². The molecule has 1 fully saturated rings. The highest BCUT2D eigenvalue weighted by Gasteiger charge is 2.30. The fourth-order valence-electron chi connectivity index (χ4n) is 1.22. The van der Waals surface area contributed by atoms with Crippen LogP contribution in [0.1, 0.15) is 20.8 Å². The number of ether oxygens (including phenoxy) is 1. The van der Waals surface area contributed by atoms with E-state index in [0.717, 1.165) is 0 Å². The molecule has 1 saturated heterocycles. The Morgan fingerprint density at radius 1 is 1.64 bits per heavy atom. The number of nitrogens with zero attached hydrogens (tertiary/aromatic N) is 1. The molecule has 1 rings (SSSR count). The third-order valence-electron chi connectivity index (χ3n) is 1.91. The van der Waals surface area contributed by atoms with Crippen LogP contribution >= 0.6 is 0 Å². The van der Waals surface area contributed by atoms with Crippen molar-refractivity contribution < 1.29 is 14.6 Å². The number of amides is 1. The molecule has 0 saturated carbocycles. The first-order valence-electron chi connectivity index (χ1n) is 4.63. The molecule has 1 atom stereocenters. The molecule has 1 amide bonds. The maximum absolute atomic E-state index is 11.5. The SMILES string of the molecule is C=C1CN(C(=O)OC(C)(C)C)C[C@@H]1O. The molecule has 4 heteroatoms. The van der Waals surface area contributed by atoms with Gasteiger partial charge in [-0.3, -0.25) is 0 Å². The summed E-state index contributed by atoms with van der Waals surface area (Å²) in [7, 11) is 0. The number of β-amino-alcohol motifs (C(OH)–C–C–N with tert-alkyl or cyclic N) is 1. The standard InChI is InChI=1S/C10H17NO3/c1-7-5-11(6-8(7)12)9(13)14-10(2,3)4/h8,12H,1,5-6H2,2-4H3/t8-/m0/s1. The average molecular weight is 199 g/mol. The van der Waals surface area contributed by atoms with Gasteiger partial charge in [-0.05, 0) is 26.3 Å². The Balaban J connectivity index is 2.52. The first kappa shape index (κ1) is 11.0. The Morgan fingerprint density at radius 2 is 2.21 bits per heavy atom. The number of carbonyl (C=O) groups excluding carboxylic acids is 1. The normalized spacial score (nSPS) is 22.7. The van der Waals surface area contributed by atoms with Crippen LogP contribution in [0.4, 0.5) is 4.79 Å². The first-order chi connectivity index (χ1) is 6.29. The van der Waals surface area contributed by atoms with Gasteiger partial charge >= 0.3 is 6.09 Å². The fourth-order valence-corrected chi connectivity index (χ4v) is 1.22. The van der Waals surface area contributed by atoms with Crippen molar-refractivity contribution in [3.63, 3.8) is 0 Å². The number of likely N-dealkylation sites (tertiary alicyclic amines) is 1. The Morgan fingerprint density at radius 3 is 2.57 bits per heavy atom. The lowest BCUT2D eigenvalue weighted by Gasteiger charge is -2.23. The largest absolute Gasteiger partial charge is 0.444 e. The molecular formula is C10H17NO3. The molecule has 0 aliphatic carbocycles. The maximum Gasteiger partial charge on any atom is 0.410 e. The summed E-state index contributed by atoms with van der Waals surface area (Å²) in [5.74, 6) is 0. The van der Waals surface area contributed by atoms with E-state index >= 15 is 0 Å². The lowest BCUT2D eigenvalue weighted by Crippen LogP contribution is -2.35. The number of carbonyl (C=O) groups is 1. The van der Waals surface area contributed by atoms with Crippen molar-refractivity contribution in [3.8, 4) is 0 Å². The molecule has 0 aromatic rings. The van der Waals surface area contributed by atoms with Gasteiger partial charge in [-0.2, -0.15) is 0 Å². The van der Waals surface area contributed by atoms with E-state index in [1.54, 1.807) is 0 Å². The van der Waals surface area contributed by atoms with E-state index in [1.165, 1.54) is 4.90 Å². The number of hydrogen-bond acceptors (Lipinski definition) is 3. The minimum absolute atomic E-state index is 0.285. The van der Waals surface area contributed by atoms with Crippen LogP contribution in [0.5, 0.6) is 0 Å². The van der Waals surface area contributed by atoms with Crippen molar-refractivity contribution in [2.24, 2.45) is 0 Å². The van der Waals surface area contributed by atoms with Gasteiger partial charge in [0.15, 0.2) is 0 Å². The zero-order chi connectivity index (χ0) is 10.9. The molecule has 80 valence electrons. The minimum Gasteiger partial charge on any atom is -0.444 e. The summed E-state index contributed by atoms with van der Waals surface area (Å²) in [6.07, 6.45) is -1.00. The quantitative estimate of drug-likeness (QED) is 0.595. The van der Waals surface area contributed by atoms with E-state index in [2.05, 4.69) is 6.58 Å². The van der Waals surface area contributed by atoms with Crippen LogP contribution in [-0.2, 0) is 4.74 Å². The summed E-state index contributed by atoms with van der Waals surface area (Å²) in [5, 5.41) is 9.37. The Bertz CT molecular complexity index is 255. The van der Waals surface area contributed by atoms with Crippen LogP contribution in [0.3, 0.4) is 0 Å². The van der Waals surface area contributed by atoms with Gasteiger partial charge in [0.25, 0.3) is 0 Å². The molecule has 0 unspecified atom stereocenters. The first-order valence-corrected chi connectivity index (χ1v) is 4.63. The molecule has 1 heterocycles. The molecule has 0 radical (unpaired) electrons. The molecule has 0 spiro atoms. The van der Waals surface area contributed by atoms with Crippen LogP contribution in [0, 0.1) is 0 Å². The van der Waals surface area contributed by atoms with E-state index in [4.69, 9.17) is 4.74 Å². The predicted molar refractivity (Wildman–Crippen MR) is 53.0 cm³/mol. The Labute approximate surface area is 84.2 Å². The number of rotatable bonds is 0.